The largest absolute Gasteiger partial charge is 0.341 e. The molecule has 2 aromatic heterocycles. The number of carbonyl (C=O) groups is 1. The van der Waals surface area contributed by atoms with Crippen LogP contribution in [0.15, 0.2) is 46.6 Å². The third-order valence-corrected chi connectivity index (χ3v) is 6.10. The lowest BCUT2D eigenvalue weighted by atomic mass is 10.1. The summed E-state index contributed by atoms with van der Waals surface area (Å²) in [5.41, 5.74) is 0.553. The molecule has 1 saturated heterocycles. The van der Waals surface area contributed by atoms with Crippen molar-refractivity contribution in [3.8, 4) is 10.6 Å². The molecule has 27 heavy (non-hydrogen) atoms. The zero-order valence-corrected chi connectivity index (χ0v) is 16.2. The number of benzene rings is 1. The van der Waals surface area contributed by atoms with Crippen LogP contribution < -0.4 is 5.56 Å². The lowest BCUT2D eigenvalue weighted by Gasteiger charge is -2.25. The molecule has 140 valence electrons. The highest BCUT2D eigenvalue weighted by molar-refractivity contribution is 7.13. The Balaban J connectivity index is 1.80. The highest BCUT2D eigenvalue weighted by Gasteiger charge is 2.26. The van der Waals surface area contributed by atoms with Crippen molar-refractivity contribution in [1.82, 2.24) is 14.7 Å². The molecule has 0 unspecified atom stereocenters. The SMILES string of the molecule is C[C@H](C(=O)N1CCCCCC1)n1nc(-c2cccs2)c2ccccc2c1=O. The van der Waals surface area contributed by atoms with E-state index in [1.165, 1.54) is 4.68 Å². The topological polar surface area (TPSA) is 55.2 Å². The Morgan fingerprint density at radius 1 is 1.04 bits per heavy atom. The molecule has 1 aliphatic rings. The summed E-state index contributed by atoms with van der Waals surface area (Å²) >= 11 is 1.58. The number of rotatable bonds is 3. The fourth-order valence-electron chi connectivity index (χ4n) is 3.72. The Morgan fingerprint density at radius 3 is 2.41 bits per heavy atom. The van der Waals surface area contributed by atoms with E-state index in [0.29, 0.717) is 5.39 Å². The van der Waals surface area contributed by atoms with Crippen molar-refractivity contribution in [2.75, 3.05) is 13.1 Å². The number of likely N-dealkylation sites (tertiary alicyclic amines) is 1. The molecule has 1 aliphatic heterocycles. The summed E-state index contributed by atoms with van der Waals surface area (Å²) in [6.45, 7) is 3.32. The summed E-state index contributed by atoms with van der Waals surface area (Å²) in [4.78, 5) is 29.0. The van der Waals surface area contributed by atoms with Crippen molar-refractivity contribution in [3.63, 3.8) is 0 Å². The van der Waals surface area contributed by atoms with Crippen LogP contribution in [0.2, 0.25) is 0 Å². The van der Waals surface area contributed by atoms with Gasteiger partial charge in [0.2, 0.25) is 5.91 Å². The maximum atomic E-state index is 13.1. The van der Waals surface area contributed by atoms with E-state index in [1.807, 2.05) is 46.7 Å². The first-order chi connectivity index (χ1) is 13.2. The van der Waals surface area contributed by atoms with Crippen LogP contribution in [-0.2, 0) is 4.79 Å². The minimum atomic E-state index is -0.612. The minimum Gasteiger partial charge on any atom is -0.341 e. The fraction of sp³-hybridized carbons (Fsp3) is 0.381. The number of nitrogens with zero attached hydrogens (tertiary/aromatic N) is 3. The van der Waals surface area contributed by atoms with Crippen LogP contribution in [0.5, 0.6) is 0 Å². The van der Waals surface area contributed by atoms with Gasteiger partial charge in [0, 0.05) is 18.5 Å². The van der Waals surface area contributed by atoms with Crippen LogP contribution in [0.25, 0.3) is 21.3 Å². The van der Waals surface area contributed by atoms with E-state index in [-0.39, 0.29) is 11.5 Å². The van der Waals surface area contributed by atoms with E-state index in [2.05, 4.69) is 5.10 Å². The van der Waals surface area contributed by atoms with Crippen molar-refractivity contribution in [1.29, 1.82) is 0 Å². The summed E-state index contributed by atoms with van der Waals surface area (Å²) in [5, 5.41) is 8.07. The summed E-state index contributed by atoms with van der Waals surface area (Å²) < 4.78 is 1.38. The van der Waals surface area contributed by atoms with E-state index in [1.54, 1.807) is 18.3 Å². The Hall–Kier alpha value is -2.47. The molecule has 0 saturated carbocycles. The normalized spacial score (nSPS) is 16.3. The maximum Gasteiger partial charge on any atom is 0.275 e. The van der Waals surface area contributed by atoms with Gasteiger partial charge in [0.05, 0.1) is 10.3 Å². The molecule has 0 bridgehead atoms. The summed E-state index contributed by atoms with van der Waals surface area (Å²) in [6, 6.07) is 10.9. The number of hydrogen-bond donors (Lipinski definition) is 0. The fourth-order valence-corrected chi connectivity index (χ4v) is 4.45. The second-order valence-corrected chi connectivity index (χ2v) is 7.98. The minimum absolute atomic E-state index is 0.0149. The van der Waals surface area contributed by atoms with Crippen molar-refractivity contribution >= 4 is 28.0 Å². The molecule has 0 aliphatic carbocycles. The zero-order valence-electron chi connectivity index (χ0n) is 15.4. The lowest BCUT2D eigenvalue weighted by Crippen LogP contribution is -2.40. The van der Waals surface area contributed by atoms with Gasteiger partial charge in [-0.05, 0) is 37.3 Å². The van der Waals surface area contributed by atoms with Gasteiger partial charge in [0.15, 0.2) is 0 Å². The van der Waals surface area contributed by atoms with E-state index >= 15 is 0 Å². The van der Waals surface area contributed by atoms with E-state index in [4.69, 9.17) is 0 Å². The maximum absolute atomic E-state index is 13.1. The predicted molar refractivity (Wildman–Crippen MR) is 109 cm³/mol. The van der Waals surface area contributed by atoms with E-state index < -0.39 is 6.04 Å². The average Bonchev–Trinajstić information content (AvgIpc) is 3.09. The third-order valence-electron chi connectivity index (χ3n) is 5.22. The number of carbonyl (C=O) groups excluding carboxylic acids is 1. The summed E-state index contributed by atoms with van der Waals surface area (Å²) in [6.07, 6.45) is 4.38. The monoisotopic (exact) mass is 381 g/mol. The number of hydrogen-bond acceptors (Lipinski definition) is 4. The molecule has 5 nitrogen and oxygen atoms in total. The van der Waals surface area contributed by atoms with Gasteiger partial charge in [0.25, 0.3) is 5.56 Å². The quantitative estimate of drug-likeness (QED) is 0.687. The van der Waals surface area contributed by atoms with Crippen LogP contribution in [0.3, 0.4) is 0 Å². The van der Waals surface area contributed by atoms with E-state index in [0.717, 1.165) is 54.7 Å². The van der Waals surface area contributed by atoms with Crippen LogP contribution in [0, 0.1) is 0 Å². The standard InChI is InChI=1S/C21H23N3O2S/c1-15(20(25)23-12-6-2-3-7-13-23)24-21(26)17-10-5-4-9-16(17)19(22-24)18-11-8-14-27-18/h4-5,8-11,14-15H,2-3,6-7,12-13H2,1H3/t15-/m1/s1. The van der Waals surface area contributed by atoms with Crippen LogP contribution in [-0.4, -0.2) is 33.7 Å². The molecule has 1 atom stereocenters. The molecule has 6 heteroatoms. The van der Waals surface area contributed by atoms with Gasteiger partial charge in [-0.15, -0.1) is 11.3 Å². The highest BCUT2D eigenvalue weighted by atomic mass is 32.1. The van der Waals surface area contributed by atoms with Gasteiger partial charge in [0.1, 0.15) is 11.7 Å². The molecule has 3 aromatic rings. The van der Waals surface area contributed by atoms with Crippen molar-refractivity contribution in [2.24, 2.45) is 0 Å². The molecule has 0 radical (unpaired) electrons. The smallest absolute Gasteiger partial charge is 0.275 e. The lowest BCUT2D eigenvalue weighted by molar-refractivity contribution is -0.134. The van der Waals surface area contributed by atoms with Gasteiger partial charge < -0.3 is 4.90 Å². The molecule has 1 amide bonds. The Kier molecular flexibility index (Phi) is 5.07. The number of amides is 1. The summed E-state index contributed by atoms with van der Waals surface area (Å²) in [7, 11) is 0. The zero-order chi connectivity index (χ0) is 18.8. The van der Waals surface area contributed by atoms with Crippen LogP contribution in [0.1, 0.15) is 38.6 Å². The van der Waals surface area contributed by atoms with Crippen molar-refractivity contribution in [3.05, 3.63) is 52.1 Å². The third kappa shape index (κ3) is 3.41. The van der Waals surface area contributed by atoms with Gasteiger partial charge >= 0.3 is 0 Å². The molecule has 0 spiro atoms. The van der Waals surface area contributed by atoms with Crippen molar-refractivity contribution < 1.29 is 4.79 Å². The van der Waals surface area contributed by atoms with Gasteiger partial charge in [-0.3, -0.25) is 9.59 Å². The summed E-state index contributed by atoms with van der Waals surface area (Å²) in [5.74, 6) is -0.0149. The second-order valence-electron chi connectivity index (χ2n) is 7.04. The van der Waals surface area contributed by atoms with Gasteiger partial charge in [-0.2, -0.15) is 5.10 Å². The molecule has 1 aromatic carbocycles. The van der Waals surface area contributed by atoms with E-state index in [9.17, 15) is 9.59 Å². The first-order valence-electron chi connectivity index (χ1n) is 9.51. The van der Waals surface area contributed by atoms with Gasteiger partial charge in [-0.25, -0.2) is 4.68 Å². The number of fused-ring (bicyclic) bond motifs is 1. The molecular formula is C21H23N3O2S. The number of aromatic nitrogens is 2. The molecular weight excluding hydrogens is 358 g/mol. The Labute approximate surface area is 162 Å². The van der Waals surface area contributed by atoms with Crippen molar-refractivity contribution in [2.45, 2.75) is 38.6 Å². The average molecular weight is 382 g/mol. The molecule has 0 N–H and O–H groups in total. The second kappa shape index (κ2) is 7.64. The Morgan fingerprint density at radius 2 is 1.74 bits per heavy atom. The molecule has 4 rings (SSSR count). The number of thiophene rings is 1. The molecule has 1 fully saturated rings. The van der Waals surface area contributed by atoms with Gasteiger partial charge in [-0.1, -0.05) is 37.1 Å². The van der Waals surface area contributed by atoms with Crippen LogP contribution >= 0.6 is 11.3 Å². The van der Waals surface area contributed by atoms with Crippen LogP contribution in [0.4, 0.5) is 0 Å². The predicted octanol–water partition coefficient (Wildman–Crippen LogP) is 4.09. The highest BCUT2D eigenvalue weighted by Crippen LogP contribution is 2.29. The first-order valence-corrected chi connectivity index (χ1v) is 10.4. The Bertz CT molecular complexity index is 1000. The first kappa shape index (κ1) is 17.9. The molecule has 3 heterocycles.